The smallest absolute Gasteiger partial charge is 0.201 e. The molecule has 0 N–H and O–H groups in total. The third kappa shape index (κ3) is 2.89. The fourth-order valence-corrected chi connectivity index (χ4v) is 3.18. The summed E-state index contributed by atoms with van der Waals surface area (Å²) in [4.78, 5) is 0. The molecular weight excluding hydrogens is 272 g/mol. The second-order valence-electron chi connectivity index (χ2n) is 6.57. The van der Waals surface area contributed by atoms with Gasteiger partial charge in [-0.1, -0.05) is 36.4 Å². The first kappa shape index (κ1) is 15.1. The summed E-state index contributed by atoms with van der Waals surface area (Å²) < 4.78 is 12.4. The first-order valence-corrected chi connectivity index (χ1v) is 7.96. The molecule has 22 heavy (non-hydrogen) atoms. The fourth-order valence-electron chi connectivity index (χ4n) is 3.18. The van der Waals surface area contributed by atoms with Crippen molar-refractivity contribution in [2.24, 2.45) is 0 Å². The highest BCUT2D eigenvalue weighted by Crippen LogP contribution is 2.34. The number of benzene rings is 2. The Hall–Kier alpha value is -1.80. The van der Waals surface area contributed by atoms with E-state index in [-0.39, 0.29) is 11.9 Å². The van der Waals surface area contributed by atoms with Crippen molar-refractivity contribution in [3.05, 3.63) is 64.7 Å². The molecule has 0 saturated carbocycles. The fraction of sp³-hybridized carbons (Fsp3) is 0.400. The second-order valence-corrected chi connectivity index (χ2v) is 6.57. The van der Waals surface area contributed by atoms with Crippen LogP contribution in [0.25, 0.3) is 0 Å². The van der Waals surface area contributed by atoms with Crippen molar-refractivity contribution >= 4 is 0 Å². The van der Waals surface area contributed by atoms with Gasteiger partial charge >= 0.3 is 0 Å². The maximum Gasteiger partial charge on any atom is 0.201 e. The highest BCUT2D eigenvalue weighted by atomic mass is 16.7. The van der Waals surface area contributed by atoms with E-state index < -0.39 is 0 Å². The van der Waals surface area contributed by atoms with E-state index in [1.165, 1.54) is 22.3 Å². The molecule has 0 aliphatic carbocycles. The first-order chi connectivity index (χ1) is 10.5. The van der Waals surface area contributed by atoms with Crippen LogP contribution in [0.5, 0.6) is 5.75 Å². The van der Waals surface area contributed by atoms with Gasteiger partial charge in [-0.15, -0.1) is 0 Å². The van der Waals surface area contributed by atoms with Gasteiger partial charge < -0.3 is 9.47 Å². The molecule has 3 rings (SSSR count). The predicted molar refractivity (Wildman–Crippen MR) is 89.2 cm³/mol. The third-order valence-corrected chi connectivity index (χ3v) is 4.56. The molecule has 1 aliphatic heterocycles. The number of fused-ring (bicyclic) bond motifs is 1. The zero-order valence-corrected chi connectivity index (χ0v) is 13.8. The van der Waals surface area contributed by atoms with Crippen LogP contribution in [-0.2, 0) is 16.8 Å². The zero-order chi connectivity index (χ0) is 15.7. The van der Waals surface area contributed by atoms with Gasteiger partial charge in [-0.05, 0) is 62.4 Å². The van der Waals surface area contributed by atoms with Gasteiger partial charge in [-0.25, -0.2) is 0 Å². The summed E-state index contributed by atoms with van der Waals surface area (Å²) in [5.41, 5.74) is 4.72. The molecule has 1 heterocycles. The molecule has 1 aliphatic rings. The second kappa shape index (κ2) is 5.77. The summed E-state index contributed by atoms with van der Waals surface area (Å²) in [7, 11) is 0. The van der Waals surface area contributed by atoms with E-state index in [2.05, 4.69) is 58.0 Å². The van der Waals surface area contributed by atoms with Crippen LogP contribution in [0.15, 0.2) is 42.5 Å². The number of hydrogen-bond donors (Lipinski definition) is 0. The van der Waals surface area contributed by atoms with Crippen molar-refractivity contribution in [3.8, 4) is 5.75 Å². The Labute approximate surface area is 133 Å². The van der Waals surface area contributed by atoms with Crippen LogP contribution >= 0.6 is 0 Å². The number of ether oxygens (including phenoxy) is 2. The topological polar surface area (TPSA) is 18.5 Å². The van der Waals surface area contributed by atoms with Gasteiger partial charge in [0.25, 0.3) is 0 Å². The summed E-state index contributed by atoms with van der Waals surface area (Å²) in [6, 6.07) is 14.6. The minimum atomic E-state index is -0.368. The van der Waals surface area contributed by atoms with Crippen LogP contribution in [0.2, 0.25) is 0 Å². The van der Waals surface area contributed by atoms with Gasteiger partial charge in [0, 0.05) is 6.42 Å². The highest BCUT2D eigenvalue weighted by molar-refractivity contribution is 5.37. The summed E-state index contributed by atoms with van der Waals surface area (Å²) in [6.07, 6.45) is 1.71. The Morgan fingerprint density at radius 3 is 2.64 bits per heavy atom. The molecule has 0 spiro atoms. The number of rotatable bonds is 3. The summed E-state index contributed by atoms with van der Waals surface area (Å²) in [5, 5.41) is 0. The molecule has 0 radical (unpaired) electrons. The number of aryl methyl sites for hydroxylation is 2. The van der Waals surface area contributed by atoms with Crippen LogP contribution in [0, 0.1) is 13.8 Å². The molecule has 0 fully saturated rings. The number of hydrogen-bond acceptors (Lipinski definition) is 2. The molecule has 2 nitrogen and oxygen atoms in total. The van der Waals surface area contributed by atoms with E-state index in [1.807, 2.05) is 12.1 Å². The average Bonchev–Trinajstić information content (AvgIpc) is 2.49. The van der Waals surface area contributed by atoms with E-state index in [0.717, 1.165) is 18.6 Å². The van der Waals surface area contributed by atoms with Gasteiger partial charge in [0.05, 0.1) is 5.60 Å². The Kier molecular flexibility index (Phi) is 3.96. The molecule has 0 saturated heterocycles. The lowest BCUT2D eigenvalue weighted by Crippen LogP contribution is -2.35. The lowest BCUT2D eigenvalue weighted by Gasteiger charge is -2.35. The molecule has 2 heteroatoms. The van der Waals surface area contributed by atoms with Crippen LogP contribution in [0.3, 0.4) is 0 Å². The van der Waals surface area contributed by atoms with E-state index >= 15 is 0 Å². The van der Waals surface area contributed by atoms with Gasteiger partial charge in [-0.3, -0.25) is 0 Å². The Morgan fingerprint density at radius 2 is 1.82 bits per heavy atom. The van der Waals surface area contributed by atoms with Gasteiger partial charge in [0.15, 0.2) is 0 Å². The lowest BCUT2D eigenvalue weighted by molar-refractivity contribution is -0.169. The molecule has 116 valence electrons. The van der Waals surface area contributed by atoms with Gasteiger partial charge in [0.1, 0.15) is 5.75 Å². The molecule has 0 bridgehead atoms. The highest BCUT2D eigenvalue weighted by Gasteiger charge is 2.30. The zero-order valence-electron chi connectivity index (χ0n) is 13.8. The van der Waals surface area contributed by atoms with Crippen LogP contribution < -0.4 is 4.74 Å². The summed E-state index contributed by atoms with van der Waals surface area (Å²) >= 11 is 0. The van der Waals surface area contributed by atoms with Crippen LogP contribution in [0.1, 0.15) is 42.5 Å². The lowest BCUT2D eigenvalue weighted by atomic mass is 9.91. The maximum atomic E-state index is 6.34. The normalized spacial score (nSPS) is 17.7. The number of para-hydroxylation sites is 1. The molecule has 1 unspecified atom stereocenters. The van der Waals surface area contributed by atoms with Crippen molar-refractivity contribution in [1.29, 1.82) is 0 Å². The maximum absolute atomic E-state index is 6.34. The monoisotopic (exact) mass is 296 g/mol. The SMILES string of the molecule is Cc1cccc(C(C)(C)OC2CCc3ccccc3O2)c1C. The van der Waals surface area contributed by atoms with E-state index in [1.54, 1.807) is 0 Å². The quantitative estimate of drug-likeness (QED) is 0.801. The third-order valence-electron chi connectivity index (χ3n) is 4.56. The van der Waals surface area contributed by atoms with E-state index in [4.69, 9.17) is 9.47 Å². The van der Waals surface area contributed by atoms with Crippen molar-refractivity contribution in [1.82, 2.24) is 0 Å². The van der Waals surface area contributed by atoms with Gasteiger partial charge in [-0.2, -0.15) is 0 Å². The summed E-state index contributed by atoms with van der Waals surface area (Å²) in [5.74, 6) is 0.954. The largest absolute Gasteiger partial charge is 0.465 e. The van der Waals surface area contributed by atoms with Crippen LogP contribution in [0.4, 0.5) is 0 Å². The van der Waals surface area contributed by atoms with Gasteiger partial charge in [0.2, 0.25) is 6.29 Å². The Balaban J connectivity index is 1.79. The Bertz CT molecular complexity index is 673. The molecule has 0 amide bonds. The summed E-state index contributed by atoms with van der Waals surface area (Å²) in [6.45, 7) is 8.55. The predicted octanol–water partition coefficient (Wildman–Crippen LogP) is 4.91. The Morgan fingerprint density at radius 1 is 1.05 bits per heavy atom. The molecule has 0 aromatic heterocycles. The van der Waals surface area contributed by atoms with Crippen molar-refractivity contribution in [2.45, 2.75) is 52.4 Å². The van der Waals surface area contributed by atoms with Crippen molar-refractivity contribution < 1.29 is 9.47 Å². The molecular formula is C20H24O2. The molecule has 1 atom stereocenters. The molecule has 2 aromatic carbocycles. The minimum absolute atomic E-state index is 0.190. The van der Waals surface area contributed by atoms with Crippen LogP contribution in [-0.4, -0.2) is 6.29 Å². The van der Waals surface area contributed by atoms with E-state index in [0.29, 0.717) is 0 Å². The van der Waals surface area contributed by atoms with E-state index in [9.17, 15) is 0 Å². The van der Waals surface area contributed by atoms with Crippen molar-refractivity contribution in [2.75, 3.05) is 0 Å². The first-order valence-electron chi connectivity index (χ1n) is 7.96. The standard InChI is InChI=1S/C20H24O2/c1-14-8-7-10-17(15(14)2)20(3,4)22-19-13-12-16-9-5-6-11-18(16)21-19/h5-11,19H,12-13H2,1-4H3. The molecule has 2 aromatic rings. The minimum Gasteiger partial charge on any atom is -0.465 e. The average molecular weight is 296 g/mol. The van der Waals surface area contributed by atoms with Crippen molar-refractivity contribution in [3.63, 3.8) is 0 Å².